The molecule has 0 amide bonds. The Morgan fingerprint density at radius 1 is 1.56 bits per heavy atom. The molecule has 0 saturated heterocycles. The second-order valence-corrected chi connectivity index (χ2v) is 2.20. The van der Waals surface area contributed by atoms with Crippen LogP contribution in [0.25, 0.3) is 0 Å². The largest absolute Gasteiger partial charge is 0.241 e. The third kappa shape index (κ3) is 1.49. The van der Waals surface area contributed by atoms with Crippen LogP contribution in [0.15, 0.2) is 12.3 Å². The molecule has 1 aromatic heterocycles. The molecular weight excluding hydrogens is 112 g/mol. The van der Waals surface area contributed by atoms with Crippen LogP contribution in [0.3, 0.4) is 0 Å². The number of hydrogen-bond acceptors (Lipinski definition) is 2. The van der Waals surface area contributed by atoms with Crippen molar-refractivity contribution in [2.24, 2.45) is 0 Å². The lowest BCUT2D eigenvalue weighted by molar-refractivity contribution is 0.772. The predicted molar refractivity (Wildman–Crippen MR) is 35.0 cm³/mol. The van der Waals surface area contributed by atoms with Gasteiger partial charge >= 0.3 is 0 Å². The van der Waals surface area contributed by atoms with Gasteiger partial charge in [-0.2, -0.15) is 0 Å². The van der Waals surface area contributed by atoms with Crippen molar-refractivity contribution in [3.8, 4) is 0 Å². The van der Waals surface area contributed by atoms with Gasteiger partial charge in [0.2, 0.25) is 0 Å². The maximum Gasteiger partial charge on any atom is 0.131 e. The molecule has 1 rings (SSSR count). The Hall–Kier alpha value is -0.920. The first-order valence-corrected chi connectivity index (χ1v) is 2.99. The van der Waals surface area contributed by atoms with Gasteiger partial charge in [-0.15, -0.1) is 0 Å². The van der Waals surface area contributed by atoms with Crippen LogP contribution < -0.4 is 0 Å². The standard InChI is InChI=1S/C7H9N2/c1-6(2)7-8-4-3-5-9-7/h3-4,6H,1-2H3. The van der Waals surface area contributed by atoms with E-state index >= 15 is 0 Å². The van der Waals surface area contributed by atoms with Crippen LogP contribution in [0.5, 0.6) is 0 Å². The van der Waals surface area contributed by atoms with Crippen LogP contribution in [0.4, 0.5) is 0 Å². The van der Waals surface area contributed by atoms with Crippen LogP contribution in [0.1, 0.15) is 25.6 Å². The van der Waals surface area contributed by atoms with Crippen molar-refractivity contribution >= 4 is 0 Å². The molecule has 2 heteroatoms. The molecule has 0 N–H and O–H groups in total. The zero-order valence-electron chi connectivity index (χ0n) is 5.63. The van der Waals surface area contributed by atoms with Gasteiger partial charge in [0.15, 0.2) is 0 Å². The third-order valence-corrected chi connectivity index (χ3v) is 1.05. The molecule has 0 saturated carbocycles. The molecule has 0 aliphatic rings. The summed E-state index contributed by atoms with van der Waals surface area (Å²) in [4.78, 5) is 7.98. The van der Waals surface area contributed by atoms with Crippen molar-refractivity contribution in [1.82, 2.24) is 9.97 Å². The summed E-state index contributed by atoms with van der Waals surface area (Å²) in [6.07, 6.45) is 4.44. The summed E-state index contributed by atoms with van der Waals surface area (Å²) in [5, 5.41) is 0. The lowest BCUT2D eigenvalue weighted by Crippen LogP contribution is -1.94. The predicted octanol–water partition coefficient (Wildman–Crippen LogP) is 1.40. The number of rotatable bonds is 1. The Labute approximate surface area is 55.0 Å². The van der Waals surface area contributed by atoms with E-state index in [-0.39, 0.29) is 0 Å². The Kier molecular flexibility index (Phi) is 1.78. The fraction of sp³-hybridized carbons (Fsp3) is 0.429. The Morgan fingerprint density at radius 2 is 2.33 bits per heavy atom. The smallest absolute Gasteiger partial charge is 0.131 e. The van der Waals surface area contributed by atoms with Gasteiger partial charge < -0.3 is 0 Å². The molecule has 1 aromatic rings. The lowest BCUT2D eigenvalue weighted by Gasteiger charge is -1.98. The van der Waals surface area contributed by atoms with Crippen molar-refractivity contribution in [2.45, 2.75) is 19.8 Å². The van der Waals surface area contributed by atoms with Gasteiger partial charge in [-0.1, -0.05) is 13.8 Å². The minimum Gasteiger partial charge on any atom is -0.241 e. The van der Waals surface area contributed by atoms with E-state index in [4.69, 9.17) is 0 Å². The summed E-state index contributed by atoms with van der Waals surface area (Å²) in [6, 6.07) is 1.70. The minimum atomic E-state index is 0.405. The molecule has 0 aliphatic heterocycles. The highest BCUT2D eigenvalue weighted by Gasteiger charge is 1.97. The van der Waals surface area contributed by atoms with E-state index in [0.29, 0.717) is 5.92 Å². The van der Waals surface area contributed by atoms with Gasteiger partial charge in [-0.05, 0) is 6.07 Å². The average Bonchev–Trinajstić information content (AvgIpc) is 1.90. The molecule has 0 aliphatic carbocycles. The number of aromatic nitrogens is 2. The van der Waals surface area contributed by atoms with Gasteiger partial charge in [0.05, 0.1) is 6.20 Å². The summed E-state index contributed by atoms with van der Waals surface area (Å²) < 4.78 is 0. The number of hydrogen-bond donors (Lipinski definition) is 0. The fourth-order valence-electron chi connectivity index (χ4n) is 0.557. The first kappa shape index (κ1) is 6.20. The van der Waals surface area contributed by atoms with E-state index in [1.54, 1.807) is 12.3 Å². The fourth-order valence-corrected chi connectivity index (χ4v) is 0.557. The Morgan fingerprint density at radius 3 is 2.67 bits per heavy atom. The van der Waals surface area contributed by atoms with Crippen molar-refractivity contribution in [1.29, 1.82) is 0 Å². The average molecular weight is 121 g/mol. The van der Waals surface area contributed by atoms with Gasteiger partial charge in [-0.3, -0.25) is 0 Å². The second-order valence-electron chi connectivity index (χ2n) is 2.20. The first-order chi connectivity index (χ1) is 4.30. The van der Waals surface area contributed by atoms with Crippen molar-refractivity contribution in [2.75, 3.05) is 0 Å². The van der Waals surface area contributed by atoms with Gasteiger partial charge in [-0.25, -0.2) is 9.97 Å². The maximum atomic E-state index is 4.04. The van der Waals surface area contributed by atoms with Crippen LogP contribution in [-0.2, 0) is 0 Å². The Bertz CT molecular complexity index is 170. The summed E-state index contributed by atoms with van der Waals surface area (Å²) in [5.41, 5.74) is 0. The summed E-state index contributed by atoms with van der Waals surface area (Å²) in [6.45, 7) is 4.12. The third-order valence-electron chi connectivity index (χ3n) is 1.05. The quantitative estimate of drug-likeness (QED) is 0.561. The van der Waals surface area contributed by atoms with E-state index in [1.165, 1.54) is 0 Å². The summed E-state index contributed by atoms with van der Waals surface area (Å²) >= 11 is 0. The molecular formula is C7H9N2. The summed E-state index contributed by atoms with van der Waals surface area (Å²) in [5.74, 6) is 1.26. The van der Waals surface area contributed by atoms with Gasteiger partial charge in [0.25, 0.3) is 0 Å². The highest BCUT2D eigenvalue weighted by atomic mass is 14.9. The van der Waals surface area contributed by atoms with E-state index < -0.39 is 0 Å². The SMILES string of the molecule is CC(C)c1n[c]ccn1. The van der Waals surface area contributed by atoms with Crippen molar-refractivity contribution < 1.29 is 0 Å². The molecule has 0 aromatic carbocycles. The first-order valence-electron chi connectivity index (χ1n) is 2.99. The van der Waals surface area contributed by atoms with Crippen LogP contribution in [-0.4, -0.2) is 9.97 Å². The van der Waals surface area contributed by atoms with E-state index in [2.05, 4.69) is 30.0 Å². The van der Waals surface area contributed by atoms with Crippen LogP contribution in [0.2, 0.25) is 0 Å². The van der Waals surface area contributed by atoms with Crippen molar-refractivity contribution in [3.63, 3.8) is 0 Å². The molecule has 9 heavy (non-hydrogen) atoms. The molecule has 47 valence electrons. The number of nitrogens with zero attached hydrogens (tertiary/aromatic N) is 2. The molecule has 1 radical (unpaired) electrons. The van der Waals surface area contributed by atoms with Gasteiger partial charge in [0.1, 0.15) is 5.82 Å². The zero-order chi connectivity index (χ0) is 6.69. The van der Waals surface area contributed by atoms with Crippen LogP contribution >= 0.6 is 0 Å². The molecule has 1 heterocycles. The van der Waals surface area contributed by atoms with E-state index in [1.807, 2.05) is 0 Å². The highest BCUT2D eigenvalue weighted by Crippen LogP contribution is 2.04. The Balaban J connectivity index is 2.85. The topological polar surface area (TPSA) is 25.8 Å². The molecule has 0 unspecified atom stereocenters. The zero-order valence-corrected chi connectivity index (χ0v) is 5.63. The lowest BCUT2D eigenvalue weighted by atomic mass is 10.2. The monoisotopic (exact) mass is 121 g/mol. The van der Waals surface area contributed by atoms with E-state index in [9.17, 15) is 0 Å². The van der Waals surface area contributed by atoms with Gasteiger partial charge in [0, 0.05) is 12.1 Å². The maximum absolute atomic E-state index is 4.04. The molecule has 0 bridgehead atoms. The minimum absolute atomic E-state index is 0.405. The van der Waals surface area contributed by atoms with Crippen molar-refractivity contribution in [3.05, 3.63) is 24.3 Å². The normalized spacial score (nSPS) is 10.1. The molecule has 2 nitrogen and oxygen atoms in total. The highest BCUT2D eigenvalue weighted by molar-refractivity contribution is 4.91. The summed E-state index contributed by atoms with van der Waals surface area (Å²) in [7, 11) is 0. The molecule has 0 atom stereocenters. The van der Waals surface area contributed by atoms with Crippen LogP contribution in [0, 0.1) is 6.20 Å². The van der Waals surface area contributed by atoms with E-state index in [0.717, 1.165) is 5.82 Å². The second kappa shape index (κ2) is 2.58. The molecule has 0 spiro atoms. The molecule has 0 fully saturated rings.